The Balaban J connectivity index is 2.25. The summed E-state index contributed by atoms with van der Waals surface area (Å²) >= 11 is 0. The molecular formula is C12H16N2O. The fourth-order valence-electron chi connectivity index (χ4n) is 1.86. The molecule has 0 aliphatic carbocycles. The highest BCUT2D eigenvalue weighted by atomic mass is 16.3. The maximum atomic E-state index is 9.61. The second-order valence-corrected chi connectivity index (χ2v) is 3.72. The average Bonchev–Trinajstić information content (AvgIpc) is 2.64. The fourth-order valence-corrected chi connectivity index (χ4v) is 1.86. The average molecular weight is 204 g/mol. The third-order valence-corrected chi connectivity index (χ3v) is 2.65. The number of hydrogen-bond donors (Lipinski definition) is 3. The molecule has 1 aromatic carbocycles. The van der Waals surface area contributed by atoms with Gasteiger partial charge < -0.3 is 15.4 Å². The minimum absolute atomic E-state index is 0.326. The van der Waals surface area contributed by atoms with Crippen molar-refractivity contribution in [2.45, 2.75) is 12.8 Å². The van der Waals surface area contributed by atoms with Crippen molar-refractivity contribution in [3.8, 4) is 5.75 Å². The molecule has 2 rings (SSSR count). The zero-order chi connectivity index (χ0) is 10.7. The van der Waals surface area contributed by atoms with Crippen molar-refractivity contribution >= 4 is 10.9 Å². The molecule has 0 spiro atoms. The molecule has 0 aliphatic heterocycles. The Bertz CT molecular complexity index is 448. The van der Waals surface area contributed by atoms with Crippen LogP contribution in [0.2, 0.25) is 0 Å². The Morgan fingerprint density at radius 3 is 3.07 bits per heavy atom. The molecule has 0 radical (unpaired) electrons. The van der Waals surface area contributed by atoms with Gasteiger partial charge in [0.2, 0.25) is 0 Å². The van der Waals surface area contributed by atoms with E-state index >= 15 is 0 Å². The van der Waals surface area contributed by atoms with Gasteiger partial charge in [-0.1, -0.05) is 12.1 Å². The van der Waals surface area contributed by atoms with Gasteiger partial charge in [0.15, 0.2) is 0 Å². The lowest BCUT2D eigenvalue weighted by Crippen LogP contribution is -2.08. The van der Waals surface area contributed by atoms with E-state index in [1.54, 1.807) is 6.07 Å². The lowest BCUT2D eigenvalue weighted by molar-refractivity contribution is 0.480. The lowest BCUT2D eigenvalue weighted by Gasteiger charge is -1.99. The molecule has 80 valence electrons. The third-order valence-electron chi connectivity index (χ3n) is 2.65. The van der Waals surface area contributed by atoms with Crippen molar-refractivity contribution in [3.63, 3.8) is 0 Å². The number of phenolic OH excluding ortho intramolecular Hbond substituents is 1. The minimum Gasteiger partial charge on any atom is -0.506 e. The van der Waals surface area contributed by atoms with Crippen LogP contribution in [0.4, 0.5) is 0 Å². The number of H-pyrrole nitrogens is 1. The molecular weight excluding hydrogens is 188 g/mol. The van der Waals surface area contributed by atoms with Crippen molar-refractivity contribution < 1.29 is 5.11 Å². The van der Waals surface area contributed by atoms with Crippen LogP contribution in [0.15, 0.2) is 24.4 Å². The van der Waals surface area contributed by atoms with Crippen molar-refractivity contribution in [2.75, 3.05) is 13.6 Å². The Hall–Kier alpha value is -1.48. The largest absolute Gasteiger partial charge is 0.506 e. The summed E-state index contributed by atoms with van der Waals surface area (Å²) in [6.45, 7) is 1.02. The number of fused-ring (bicyclic) bond motifs is 1. The fraction of sp³-hybridized carbons (Fsp3) is 0.333. The van der Waals surface area contributed by atoms with Crippen LogP contribution < -0.4 is 5.32 Å². The van der Waals surface area contributed by atoms with Gasteiger partial charge in [0.1, 0.15) is 5.75 Å². The summed E-state index contributed by atoms with van der Waals surface area (Å²) in [7, 11) is 1.96. The second-order valence-electron chi connectivity index (χ2n) is 3.72. The van der Waals surface area contributed by atoms with E-state index in [0.29, 0.717) is 5.75 Å². The first kappa shape index (κ1) is 10.1. The van der Waals surface area contributed by atoms with Gasteiger partial charge in [-0.15, -0.1) is 0 Å². The normalized spacial score (nSPS) is 11.0. The minimum atomic E-state index is 0.326. The van der Waals surface area contributed by atoms with Crippen molar-refractivity contribution in [3.05, 3.63) is 30.0 Å². The van der Waals surface area contributed by atoms with E-state index in [1.165, 1.54) is 5.56 Å². The van der Waals surface area contributed by atoms with Crippen LogP contribution in [0.5, 0.6) is 5.75 Å². The first-order valence-electron chi connectivity index (χ1n) is 5.25. The number of aromatic amines is 1. The molecule has 0 bridgehead atoms. The van der Waals surface area contributed by atoms with E-state index in [0.717, 1.165) is 30.3 Å². The standard InChI is InChI=1S/C12H16N2O/c1-13-7-3-4-9-8-14-12-10(9)5-2-6-11(12)15/h2,5-6,8,13-15H,3-4,7H2,1H3. The summed E-state index contributed by atoms with van der Waals surface area (Å²) in [5.41, 5.74) is 2.12. The summed E-state index contributed by atoms with van der Waals surface area (Å²) in [5, 5.41) is 13.9. The molecule has 0 amide bonds. The van der Waals surface area contributed by atoms with Gasteiger partial charge in [-0.25, -0.2) is 0 Å². The Labute approximate surface area is 89.1 Å². The molecule has 0 atom stereocenters. The number of nitrogens with one attached hydrogen (secondary N) is 2. The quantitative estimate of drug-likeness (QED) is 0.667. The van der Waals surface area contributed by atoms with Gasteiger partial charge in [0.05, 0.1) is 5.52 Å². The van der Waals surface area contributed by atoms with Gasteiger partial charge in [-0.3, -0.25) is 0 Å². The van der Waals surface area contributed by atoms with Gasteiger partial charge in [0.25, 0.3) is 0 Å². The topological polar surface area (TPSA) is 48.0 Å². The highest BCUT2D eigenvalue weighted by Gasteiger charge is 2.05. The molecule has 2 aromatic rings. The smallest absolute Gasteiger partial charge is 0.139 e. The molecule has 3 N–H and O–H groups in total. The summed E-state index contributed by atoms with van der Waals surface area (Å²) in [5.74, 6) is 0.326. The van der Waals surface area contributed by atoms with Gasteiger partial charge >= 0.3 is 0 Å². The van der Waals surface area contributed by atoms with Crippen LogP contribution >= 0.6 is 0 Å². The van der Waals surface area contributed by atoms with Crippen LogP contribution in [0.1, 0.15) is 12.0 Å². The highest BCUT2D eigenvalue weighted by Crippen LogP contribution is 2.26. The summed E-state index contributed by atoms with van der Waals surface area (Å²) in [6, 6.07) is 5.63. The molecule has 0 fully saturated rings. The third kappa shape index (κ3) is 1.97. The van der Waals surface area contributed by atoms with Crippen molar-refractivity contribution in [1.29, 1.82) is 0 Å². The van der Waals surface area contributed by atoms with Gasteiger partial charge in [-0.2, -0.15) is 0 Å². The maximum Gasteiger partial charge on any atom is 0.139 e. The molecule has 3 heteroatoms. The van der Waals surface area contributed by atoms with E-state index in [-0.39, 0.29) is 0 Å². The number of para-hydroxylation sites is 1. The highest BCUT2D eigenvalue weighted by molar-refractivity contribution is 5.87. The maximum absolute atomic E-state index is 9.61. The Morgan fingerprint density at radius 1 is 1.40 bits per heavy atom. The molecule has 1 aromatic heterocycles. The van der Waals surface area contributed by atoms with Crippen LogP contribution in [-0.2, 0) is 6.42 Å². The number of hydrogen-bond acceptors (Lipinski definition) is 2. The van der Waals surface area contributed by atoms with Crippen molar-refractivity contribution in [2.24, 2.45) is 0 Å². The van der Waals surface area contributed by atoms with Crippen LogP contribution in [0.25, 0.3) is 10.9 Å². The van der Waals surface area contributed by atoms with Gasteiger partial charge in [-0.05, 0) is 38.1 Å². The molecule has 0 aliphatic rings. The van der Waals surface area contributed by atoms with Crippen LogP contribution in [-0.4, -0.2) is 23.7 Å². The summed E-state index contributed by atoms with van der Waals surface area (Å²) in [4.78, 5) is 3.11. The number of aromatic hydroxyl groups is 1. The lowest BCUT2D eigenvalue weighted by atomic mass is 10.1. The predicted octanol–water partition coefficient (Wildman–Crippen LogP) is 2.03. The first-order chi connectivity index (χ1) is 7.33. The van der Waals surface area contributed by atoms with Crippen LogP contribution in [0, 0.1) is 0 Å². The number of aromatic nitrogens is 1. The van der Waals surface area contributed by atoms with Crippen LogP contribution in [0.3, 0.4) is 0 Å². The van der Waals surface area contributed by atoms with Gasteiger partial charge in [0, 0.05) is 11.6 Å². The zero-order valence-electron chi connectivity index (χ0n) is 8.88. The van der Waals surface area contributed by atoms with Crippen molar-refractivity contribution in [1.82, 2.24) is 10.3 Å². The zero-order valence-corrected chi connectivity index (χ0v) is 8.88. The number of benzene rings is 1. The predicted molar refractivity (Wildman–Crippen MR) is 62.2 cm³/mol. The number of rotatable bonds is 4. The van der Waals surface area contributed by atoms with E-state index in [4.69, 9.17) is 0 Å². The Morgan fingerprint density at radius 2 is 2.27 bits per heavy atom. The number of aryl methyl sites for hydroxylation is 1. The SMILES string of the molecule is CNCCCc1c[nH]c2c(O)cccc12. The Kier molecular flexibility index (Phi) is 2.92. The molecule has 0 saturated carbocycles. The van der Waals surface area contributed by atoms with E-state index in [9.17, 15) is 5.11 Å². The molecule has 1 heterocycles. The van der Waals surface area contributed by atoms with E-state index in [2.05, 4.69) is 10.3 Å². The monoisotopic (exact) mass is 204 g/mol. The molecule has 15 heavy (non-hydrogen) atoms. The first-order valence-corrected chi connectivity index (χ1v) is 5.25. The summed E-state index contributed by atoms with van der Waals surface area (Å²) in [6.07, 6.45) is 4.13. The van der Waals surface area contributed by atoms with E-state index in [1.807, 2.05) is 25.4 Å². The molecule has 0 saturated heterocycles. The summed E-state index contributed by atoms with van der Waals surface area (Å²) < 4.78 is 0. The molecule has 0 unspecified atom stereocenters. The second kappa shape index (κ2) is 4.36. The molecule has 3 nitrogen and oxygen atoms in total. The van der Waals surface area contributed by atoms with E-state index < -0.39 is 0 Å². The number of phenols is 1.